The van der Waals surface area contributed by atoms with Crippen molar-refractivity contribution in [2.75, 3.05) is 30.5 Å². The van der Waals surface area contributed by atoms with Crippen LogP contribution in [0.3, 0.4) is 0 Å². The van der Waals surface area contributed by atoms with Gasteiger partial charge in [-0.15, -0.1) is 0 Å². The number of carbonyl (C=O) groups is 2. The van der Waals surface area contributed by atoms with E-state index < -0.39 is 11.5 Å². The van der Waals surface area contributed by atoms with Gasteiger partial charge < -0.3 is 25.5 Å². The molecule has 2 rings (SSSR count). The first-order valence-corrected chi connectivity index (χ1v) is 9.03. The minimum absolute atomic E-state index is 0.0373. The highest BCUT2D eigenvalue weighted by Crippen LogP contribution is 2.44. The van der Waals surface area contributed by atoms with Crippen molar-refractivity contribution >= 4 is 23.3 Å². The maximum atomic E-state index is 12.6. The molecule has 1 fully saturated rings. The lowest BCUT2D eigenvalue weighted by atomic mass is 9.87. The molecule has 1 aliphatic rings. The van der Waals surface area contributed by atoms with E-state index in [1.165, 1.54) is 11.0 Å². The fourth-order valence-corrected chi connectivity index (χ4v) is 3.93. The first kappa shape index (κ1) is 20.2. The first-order chi connectivity index (χ1) is 12.4. The quantitative estimate of drug-likeness (QED) is 0.563. The number of hydrogen-bond donors (Lipinski definition) is 4. The molecule has 1 aromatic rings. The van der Waals surface area contributed by atoms with E-state index in [2.05, 4.69) is 5.32 Å². The maximum absolute atomic E-state index is 12.6. The van der Waals surface area contributed by atoms with Crippen LogP contribution in [-0.2, 0) is 4.79 Å². The van der Waals surface area contributed by atoms with Crippen molar-refractivity contribution in [3.05, 3.63) is 23.3 Å². The molecule has 0 radical (unpaired) electrons. The molecule has 0 aliphatic carbocycles. The van der Waals surface area contributed by atoms with Gasteiger partial charge >= 0.3 is 5.97 Å². The third kappa shape index (κ3) is 3.17. The number of carboxylic acid groups (broad SMARTS) is 1. The summed E-state index contributed by atoms with van der Waals surface area (Å²) >= 11 is 0. The molecule has 0 bridgehead atoms. The lowest BCUT2D eigenvalue weighted by molar-refractivity contribution is -0.117. The molecule has 1 heterocycles. The number of rotatable bonds is 8. The van der Waals surface area contributed by atoms with Crippen molar-refractivity contribution in [3.8, 4) is 0 Å². The topological polar surface area (TPSA) is 110 Å². The highest BCUT2D eigenvalue weighted by atomic mass is 16.4. The van der Waals surface area contributed by atoms with E-state index in [0.29, 0.717) is 17.8 Å². The number of benzene rings is 1. The molecule has 4 N–H and O–H groups in total. The number of anilines is 2. The summed E-state index contributed by atoms with van der Waals surface area (Å²) in [5.41, 5.74) is 0.877. The van der Waals surface area contributed by atoms with Gasteiger partial charge in [-0.2, -0.15) is 0 Å². The smallest absolute Gasteiger partial charge is 0.337 e. The summed E-state index contributed by atoms with van der Waals surface area (Å²) in [4.78, 5) is 25.8. The highest BCUT2D eigenvalue weighted by molar-refractivity contribution is 6.02. The van der Waals surface area contributed by atoms with Crippen molar-refractivity contribution in [2.24, 2.45) is 0 Å². The van der Waals surface area contributed by atoms with Crippen LogP contribution in [0.2, 0.25) is 0 Å². The van der Waals surface area contributed by atoms with Gasteiger partial charge in [-0.3, -0.25) is 4.79 Å². The number of carboxylic acids is 1. The van der Waals surface area contributed by atoms with Crippen molar-refractivity contribution < 1.29 is 24.9 Å². The van der Waals surface area contributed by atoms with Crippen molar-refractivity contribution in [2.45, 2.75) is 51.0 Å². The number of aliphatic hydroxyl groups excluding tert-OH is 2. The summed E-state index contributed by atoms with van der Waals surface area (Å²) in [6.45, 7) is 3.32. The Balaban J connectivity index is 2.79. The van der Waals surface area contributed by atoms with E-state index in [0.717, 1.165) is 18.4 Å². The van der Waals surface area contributed by atoms with Crippen LogP contribution in [0.25, 0.3) is 0 Å². The SMILES string of the molecule is CCC(CC)c1c(N2C(=O)CCC2(CO)CO)ccc(C(=O)O)c1NC. The standard InChI is InChI=1S/C19H28N2O5/c1-4-12(5-2)16-14(7-6-13(18(25)26)17(16)20-3)21-15(24)8-9-19(21,10-22)11-23/h6-7,12,20,22-23H,4-5,8-11H2,1-3H3,(H,25,26). The Morgan fingerprint density at radius 3 is 2.35 bits per heavy atom. The molecule has 26 heavy (non-hydrogen) atoms. The van der Waals surface area contributed by atoms with Crippen LogP contribution in [0, 0.1) is 0 Å². The molecular formula is C19H28N2O5. The van der Waals surface area contributed by atoms with Gasteiger partial charge in [0.15, 0.2) is 0 Å². The summed E-state index contributed by atoms with van der Waals surface area (Å²) in [5, 5.41) is 32.4. The number of aromatic carboxylic acids is 1. The van der Waals surface area contributed by atoms with E-state index in [4.69, 9.17) is 0 Å². The van der Waals surface area contributed by atoms with Gasteiger partial charge in [0.05, 0.1) is 35.7 Å². The minimum Gasteiger partial charge on any atom is -0.478 e. The predicted octanol–water partition coefficient (Wildman–Crippen LogP) is 2.18. The summed E-state index contributed by atoms with van der Waals surface area (Å²) < 4.78 is 0. The number of carbonyl (C=O) groups excluding carboxylic acids is 1. The molecular weight excluding hydrogens is 336 g/mol. The van der Waals surface area contributed by atoms with E-state index in [-0.39, 0.29) is 37.0 Å². The Morgan fingerprint density at radius 2 is 1.88 bits per heavy atom. The molecule has 1 aliphatic heterocycles. The van der Waals surface area contributed by atoms with Gasteiger partial charge in [-0.05, 0) is 37.3 Å². The maximum Gasteiger partial charge on any atom is 0.337 e. The van der Waals surface area contributed by atoms with Crippen molar-refractivity contribution in [1.29, 1.82) is 0 Å². The summed E-state index contributed by atoms with van der Waals surface area (Å²) in [7, 11) is 1.66. The van der Waals surface area contributed by atoms with Gasteiger partial charge in [0.25, 0.3) is 0 Å². The molecule has 7 heteroatoms. The zero-order valence-corrected chi connectivity index (χ0v) is 15.6. The molecule has 1 amide bonds. The molecule has 1 aromatic carbocycles. The Labute approximate surface area is 153 Å². The Morgan fingerprint density at radius 1 is 1.27 bits per heavy atom. The normalized spacial score (nSPS) is 16.4. The number of amides is 1. The minimum atomic E-state index is -1.06. The van der Waals surface area contributed by atoms with E-state index in [1.807, 2.05) is 13.8 Å². The zero-order chi connectivity index (χ0) is 19.5. The molecule has 7 nitrogen and oxygen atoms in total. The van der Waals surface area contributed by atoms with E-state index in [1.54, 1.807) is 13.1 Å². The molecule has 0 unspecified atom stereocenters. The van der Waals surface area contributed by atoms with Crippen LogP contribution < -0.4 is 10.2 Å². The summed E-state index contributed by atoms with van der Waals surface area (Å²) in [6.07, 6.45) is 2.14. The van der Waals surface area contributed by atoms with E-state index in [9.17, 15) is 24.9 Å². The van der Waals surface area contributed by atoms with Crippen molar-refractivity contribution in [3.63, 3.8) is 0 Å². The second-order valence-electron chi connectivity index (χ2n) is 6.76. The largest absolute Gasteiger partial charge is 0.478 e. The van der Waals surface area contributed by atoms with Gasteiger partial charge in [0, 0.05) is 19.0 Å². The number of nitrogens with zero attached hydrogens (tertiary/aromatic N) is 1. The second-order valence-corrected chi connectivity index (χ2v) is 6.76. The lowest BCUT2D eigenvalue weighted by Gasteiger charge is -2.38. The Kier molecular flexibility index (Phi) is 6.26. The fourth-order valence-electron chi connectivity index (χ4n) is 3.93. The number of hydrogen-bond acceptors (Lipinski definition) is 5. The molecule has 0 aromatic heterocycles. The second kappa shape index (κ2) is 8.05. The van der Waals surface area contributed by atoms with Crippen LogP contribution in [-0.4, -0.2) is 53.0 Å². The fraction of sp³-hybridized carbons (Fsp3) is 0.579. The van der Waals surface area contributed by atoms with Gasteiger partial charge in [-0.1, -0.05) is 13.8 Å². The van der Waals surface area contributed by atoms with Crippen LogP contribution >= 0.6 is 0 Å². The molecule has 0 spiro atoms. The van der Waals surface area contributed by atoms with Gasteiger partial charge in [-0.25, -0.2) is 4.79 Å². The Bertz CT molecular complexity index is 681. The summed E-state index contributed by atoms with van der Waals surface area (Å²) in [6, 6.07) is 3.10. The van der Waals surface area contributed by atoms with Crippen molar-refractivity contribution in [1.82, 2.24) is 0 Å². The predicted molar refractivity (Wildman–Crippen MR) is 99.9 cm³/mol. The number of aliphatic hydroxyl groups is 2. The lowest BCUT2D eigenvalue weighted by Crippen LogP contribution is -2.52. The zero-order valence-electron chi connectivity index (χ0n) is 15.6. The molecule has 0 atom stereocenters. The van der Waals surface area contributed by atoms with Crippen LogP contribution in [0.5, 0.6) is 0 Å². The molecule has 1 saturated heterocycles. The highest BCUT2D eigenvalue weighted by Gasteiger charge is 2.47. The third-order valence-corrected chi connectivity index (χ3v) is 5.45. The first-order valence-electron chi connectivity index (χ1n) is 9.03. The summed E-state index contributed by atoms with van der Waals surface area (Å²) in [5.74, 6) is -1.18. The average Bonchev–Trinajstić information content (AvgIpc) is 2.98. The average molecular weight is 364 g/mol. The van der Waals surface area contributed by atoms with Gasteiger partial charge in [0.1, 0.15) is 0 Å². The molecule has 0 saturated carbocycles. The molecule has 144 valence electrons. The number of nitrogens with one attached hydrogen (secondary N) is 1. The van der Waals surface area contributed by atoms with Crippen LogP contribution in [0.4, 0.5) is 11.4 Å². The van der Waals surface area contributed by atoms with Crippen LogP contribution in [0.15, 0.2) is 12.1 Å². The van der Waals surface area contributed by atoms with E-state index >= 15 is 0 Å². The Hall–Kier alpha value is -2.12. The van der Waals surface area contributed by atoms with Gasteiger partial charge in [0.2, 0.25) is 5.91 Å². The van der Waals surface area contributed by atoms with Crippen LogP contribution in [0.1, 0.15) is 61.4 Å². The monoisotopic (exact) mass is 364 g/mol. The third-order valence-electron chi connectivity index (χ3n) is 5.45.